The molecule has 5 heteroatoms. The molecule has 4 nitrogen and oxygen atoms in total. The SMILES string of the molecule is CC(C)N/C(=C\C=N)c1ncccc1CCc1ccc(F)c2c1C(=O)CC2. The summed E-state index contributed by atoms with van der Waals surface area (Å²) in [7, 11) is 0. The van der Waals surface area contributed by atoms with E-state index in [9.17, 15) is 9.18 Å². The average Bonchev–Trinajstić information content (AvgIpc) is 3.04. The van der Waals surface area contributed by atoms with E-state index in [1.807, 2.05) is 26.0 Å². The van der Waals surface area contributed by atoms with Crippen molar-refractivity contribution in [3.63, 3.8) is 0 Å². The van der Waals surface area contributed by atoms with E-state index < -0.39 is 0 Å². The molecule has 1 aromatic heterocycles. The van der Waals surface area contributed by atoms with Crippen LogP contribution in [0.15, 0.2) is 36.5 Å². The first kappa shape index (κ1) is 19.0. The van der Waals surface area contributed by atoms with E-state index in [4.69, 9.17) is 5.41 Å². The van der Waals surface area contributed by atoms with Gasteiger partial charge in [-0.15, -0.1) is 0 Å². The van der Waals surface area contributed by atoms with Crippen molar-refractivity contribution >= 4 is 17.7 Å². The second-order valence-electron chi connectivity index (χ2n) is 7.04. The molecule has 27 heavy (non-hydrogen) atoms. The Kier molecular flexibility index (Phi) is 5.79. The van der Waals surface area contributed by atoms with Crippen molar-refractivity contribution in [3.05, 3.63) is 70.3 Å². The van der Waals surface area contributed by atoms with Gasteiger partial charge < -0.3 is 10.7 Å². The highest BCUT2D eigenvalue weighted by molar-refractivity contribution is 6.01. The molecular formula is C22H24FN3O. The number of nitrogens with one attached hydrogen (secondary N) is 2. The fourth-order valence-electron chi connectivity index (χ4n) is 3.58. The molecule has 0 saturated carbocycles. The zero-order chi connectivity index (χ0) is 19.4. The third-order valence-corrected chi connectivity index (χ3v) is 4.73. The lowest BCUT2D eigenvalue weighted by Gasteiger charge is -2.17. The molecule has 0 bridgehead atoms. The lowest BCUT2D eigenvalue weighted by Crippen LogP contribution is -2.22. The van der Waals surface area contributed by atoms with E-state index >= 15 is 0 Å². The molecule has 0 aliphatic heterocycles. The van der Waals surface area contributed by atoms with Crippen LogP contribution in [-0.2, 0) is 19.3 Å². The maximum Gasteiger partial charge on any atom is 0.163 e. The molecule has 2 aromatic rings. The zero-order valence-corrected chi connectivity index (χ0v) is 15.7. The van der Waals surface area contributed by atoms with E-state index in [2.05, 4.69) is 10.3 Å². The van der Waals surface area contributed by atoms with Crippen molar-refractivity contribution in [2.45, 2.75) is 45.6 Å². The summed E-state index contributed by atoms with van der Waals surface area (Å²) in [6.45, 7) is 4.07. The number of rotatable bonds is 7. The summed E-state index contributed by atoms with van der Waals surface area (Å²) in [5.74, 6) is -0.240. The quantitative estimate of drug-likeness (QED) is 0.725. The van der Waals surface area contributed by atoms with Crippen LogP contribution in [0, 0.1) is 11.2 Å². The molecule has 0 fully saturated rings. The van der Waals surface area contributed by atoms with Crippen molar-refractivity contribution in [2.75, 3.05) is 0 Å². The van der Waals surface area contributed by atoms with Gasteiger partial charge in [-0.1, -0.05) is 12.1 Å². The summed E-state index contributed by atoms with van der Waals surface area (Å²) in [6, 6.07) is 7.31. The summed E-state index contributed by atoms with van der Waals surface area (Å²) in [5.41, 5.74) is 4.68. The van der Waals surface area contributed by atoms with E-state index in [0.717, 1.165) is 22.5 Å². The van der Waals surface area contributed by atoms with Crippen LogP contribution >= 0.6 is 0 Å². The molecule has 1 heterocycles. The largest absolute Gasteiger partial charge is 0.381 e. The van der Waals surface area contributed by atoms with Crippen molar-refractivity contribution in [1.82, 2.24) is 10.3 Å². The Hall–Kier alpha value is -2.82. The first-order valence-electron chi connectivity index (χ1n) is 9.26. The molecule has 0 radical (unpaired) electrons. The topological polar surface area (TPSA) is 65.8 Å². The average molecular weight is 365 g/mol. The number of nitrogens with zero attached hydrogens (tertiary/aromatic N) is 1. The number of hydrogen-bond donors (Lipinski definition) is 2. The van der Waals surface area contributed by atoms with Crippen LogP contribution < -0.4 is 5.32 Å². The Morgan fingerprint density at radius 1 is 1.26 bits per heavy atom. The van der Waals surface area contributed by atoms with Gasteiger partial charge in [-0.2, -0.15) is 0 Å². The minimum Gasteiger partial charge on any atom is -0.381 e. The lowest BCUT2D eigenvalue weighted by molar-refractivity contribution is 0.0993. The Bertz CT molecular complexity index is 902. The Balaban J connectivity index is 1.88. The van der Waals surface area contributed by atoms with Gasteiger partial charge >= 0.3 is 0 Å². The van der Waals surface area contributed by atoms with E-state index in [0.29, 0.717) is 36.8 Å². The molecule has 1 aromatic carbocycles. The van der Waals surface area contributed by atoms with Gasteiger partial charge in [-0.3, -0.25) is 9.78 Å². The summed E-state index contributed by atoms with van der Waals surface area (Å²) in [6.07, 6.45) is 6.90. The van der Waals surface area contributed by atoms with Gasteiger partial charge in [0, 0.05) is 30.4 Å². The van der Waals surface area contributed by atoms with Crippen LogP contribution in [0.2, 0.25) is 0 Å². The van der Waals surface area contributed by atoms with E-state index in [-0.39, 0.29) is 17.6 Å². The minimum absolute atomic E-state index is 0.0387. The number of allylic oxidation sites excluding steroid dienone is 1. The summed E-state index contributed by atoms with van der Waals surface area (Å²) in [5, 5.41) is 10.8. The van der Waals surface area contributed by atoms with Crippen LogP contribution in [0.3, 0.4) is 0 Å². The third kappa shape index (κ3) is 4.13. The van der Waals surface area contributed by atoms with Gasteiger partial charge in [-0.05, 0) is 68.0 Å². The van der Waals surface area contributed by atoms with Gasteiger partial charge in [0.15, 0.2) is 5.78 Å². The smallest absolute Gasteiger partial charge is 0.163 e. The van der Waals surface area contributed by atoms with Crippen molar-refractivity contribution in [2.24, 2.45) is 0 Å². The highest BCUT2D eigenvalue weighted by Crippen LogP contribution is 2.29. The Morgan fingerprint density at radius 3 is 2.78 bits per heavy atom. The lowest BCUT2D eigenvalue weighted by atomic mass is 9.95. The first-order valence-corrected chi connectivity index (χ1v) is 9.26. The van der Waals surface area contributed by atoms with Crippen molar-refractivity contribution in [3.8, 4) is 0 Å². The summed E-state index contributed by atoms with van der Waals surface area (Å²) < 4.78 is 14.0. The summed E-state index contributed by atoms with van der Waals surface area (Å²) >= 11 is 0. The molecule has 0 saturated heterocycles. The number of aromatic nitrogens is 1. The molecule has 140 valence electrons. The van der Waals surface area contributed by atoms with Gasteiger partial charge in [0.1, 0.15) is 5.82 Å². The van der Waals surface area contributed by atoms with Crippen LogP contribution in [0.5, 0.6) is 0 Å². The highest BCUT2D eigenvalue weighted by Gasteiger charge is 2.25. The van der Waals surface area contributed by atoms with Crippen LogP contribution in [0.1, 0.15) is 53.0 Å². The van der Waals surface area contributed by atoms with E-state index in [1.165, 1.54) is 12.3 Å². The van der Waals surface area contributed by atoms with E-state index in [1.54, 1.807) is 18.3 Å². The maximum atomic E-state index is 14.0. The second-order valence-corrected chi connectivity index (χ2v) is 7.04. The molecule has 1 aliphatic carbocycles. The number of halogens is 1. The second kappa shape index (κ2) is 8.25. The Morgan fingerprint density at radius 2 is 2.04 bits per heavy atom. The number of carbonyl (C=O) groups is 1. The number of benzene rings is 1. The molecule has 3 rings (SSSR count). The molecule has 0 atom stereocenters. The van der Waals surface area contributed by atoms with Crippen LogP contribution in [0.25, 0.3) is 5.70 Å². The van der Waals surface area contributed by atoms with Crippen LogP contribution in [0.4, 0.5) is 4.39 Å². The molecule has 0 unspecified atom stereocenters. The Labute approximate surface area is 159 Å². The normalized spacial score (nSPS) is 13.8. The number of ketones is 1. The van der Waals surface area contributed by atoms with Crippen LogP contribution in [-0.4, -0.2) is 23.0 Å². The number of Topliss-reactive ketones (excluding diaryl/α,β-unsaturated/α-hetero) is 1. The van der Waals surface area contributed by atoms with Crippen molar-refractivity contribution in [1.29, 1.82) is 5.41 Å². The van der Waals surface area contributed by atoms with Gasteiger partial charge in [0.05, 0.1) is 11.4 Å². The number of hydrogen-bond acceptors (Lipinski definition) is 4. The molecule has 0 spiro atoms. The monoisotopic (exact) mass is 365 g/mol. The first-order chi connectivity index (χ1) is 13.0. The number of carbonyl (C=O) groups excluding carboxylic acids is 1. The standard InChI is InChI=1S/C22H24FN3O/c1-14(2)26-19(11-12-24)22-16(4-3-13-25-22)6-5-15-7-9-18(23)17-8-10-20(27)21(15)17/h3-4,7,9,11-14,24,26H,5-6,8,10H2,1-2H3/b19-11-,24-12?. The molecular weight excluding hydrogens is 341 g/mol. The fraction of sp³-hybridized carbons (Fsp3) is 0.318. The molecule has 1 aliphatic rings. The summed E-state index contributed by atoms with van der Waals surface area (Å²) in [4.78, 5) is 16.7. The minimum atomic E-state index is -0.279. The highest BCUT2D eigenvalue weighted by atomic mass is 19.1. The predicted molar refractivity (Wildman–Crippen MR) is 106 cm³/mol. The third-order valence-electron chi connectivity index (χ3n) is 4.73. The number of fused-ring (bicyclic) bond motifs is 1. The number of pyridine rings is 1. The predicted octanol–water partition coefficient (Wildman–Crippen LogP) is 4.12. The van der Waals surface area contributed by atoms with Crippen molar-refractivity contribution < 1.29 is 9.18 Å². The van der Waals surface area contributed by atoms with Gasteiger partial charge in [0.2, 0.25) is 0 Å². The van der Waals surface area contributed by atoms with Gasteiger partial charge in [-0.25, -0.2) is 4.39 Å². The van der Waals surface area contributed by atoms with Gasteiger partial charge in [0.25, 0.3) is 0 Å². The maximum absolute atomic E-state index is 14.0. The molecule has 2 N–H and O–H groups in total. The zero-order valence-electron chi connectivity index (χ0n) is 15.7. The molecule has 0 amide bonds. The number of aryl methyl sites for hydroxylation is 2. The fourth-order valence-corrected chi connectivity index (χ4v) is 3.58.